The van der Waals surface area contributed by atoms with Crippen LogP contribution in [0.4, 0.5) is 13.2 Å². The van der Waals surface area contributed by atoms with Crippen LogP contribution in [0.1, 0.15) is 0 Å². The largest absolute Gasteiger partial charge is 0.573 e. The number of halogens is 3. The van der Waals surface area contributed by atoms with Crippen LogP contribution in [0.3, 0.4) is 0 Å². The Morgan fingerprint density at radius 3 is 2.44 bits per heavy atom. The first-order valence-corrected chi connectivity index (χ1v) is 5.38. The molecule has 1 aromatic carbocycles. The molecule has 0 bridgehead atoms. The van der Waals surface area contributed by atoms with E-state index < -0.39 is 6.36 Å². The molecule has 0 fully saturated rings. The Hall–Kier alpha value is -1.49. The molecule has 0 aliphatic rings. The zero-order chi connectivity index (χ0) is 11.6. The highest BCUT2D eigenvalue weighted by Gasteiger charge is 2.32. The predicted octanol–water partition coefficient (Wildman–Crippen LogP) is 4.31. The van der Waals surface area contributed by atoms with E-state index in [0.29, 0.717) is 5.56 Å². The van der Waals surface area contributed by atoms with E-state index in [4.69, 9.17) is 0 Å². The summed E-state index contributed by atoms with van der Waals surface area (Å²) in [6, 6.07) is 7.85. The maximum absolute atomic E-state index is 12.1. The van der Waals surface area contributed by atoms with Crippen molar-refractivity contribution in [2.24, 2.45) is 0 Å². The zero-order valence-corrected chi connectivity index (χ0v) is 8.81. The molecule has 0 radical (unpaired) electrons. The molecule has 2 aromatic rings. The molecule has 0 spiro atoms. The molecule has 0 aliphatic heterocycles. The van der Waals surface area contributed by atoms with Gasteiger partial charge in [0, 0.05) is 5.56 Å². The van der Waals surface area contributed by atoms with Crippen molar-refractivity contribution < 1.29 is 17.9 Å². The second-order valence-corrected chi connectivity index (χ2v) is 3.84. The van der Waals surface area contributed by atoms with Gasteiger partial charge in [-0.1, -0.05) is 18.2 Å². The third kappa shape index (κ3) is 2.55. The van der Waals surface area contributed by atoms with Crippen LogP contribution in [-0.4, -0.2) is 6.36 Å². The first kappa shape index (κ1) is 11.0. The van der Waals surface area contributed by atoms with E-state index in [1.54, 1.807) is 29.0 Å². The Kier molecular flexibility index (Phi) is 2.87. The van der Waals surface area contributed by atoms with E-state index in [9.17, 15) is 13.2 Å². The highest BCUT2D eigenvalue weighted by Crippen LogP contribution is 2.34. The van der Waals surface area contributed by atoms with E-state index in [0.717, 1.165) is 5.56 Å². The minimum atomic E-state index is -4.66. The summed E-state index contributed by atoms with van der Waals surface area (Å²) in [5.41, 5.74) is 1.17. The average Bonchev–Trinajstić information content (AvgIpc) is 2.69. The first-order chi connectivity index (χ1) is 7.56. The van der Waals surface area contributed by atoms with Crippen LogP contribution in [0.5, 0.6) is 5.75 Å². The molecule has 1 nitrogen and oxygen atoms in total. The van der Waals surface area contributed by atoms with Crippen LogP contribution >= 0.6 is 11.3 Å². The van der Waals surface area contributed by atoms with Gasteiger partial charge in [-0.25, -0.2) is 0 Å². The van der Waals surface area contributed by atoms with Crippen molar-refractivity contribution in [1.82, 2.24) is 0 Å². The van der Waals surface area contributed by atoms with E-state index in [2.05, 4.69) is 4.74 Å². The molecule has 0 atom stereocenters. The number of thiophene rings is 1. The van der Waals surface area contributed by atoms with Crippen LogP contribution in [0.15, 0.2) is 41.1 Å². The Morgan fingerprint density at radius 1 is 1.06 bits per heavy atom. The molecule has 0 saturated heterocycles. The molecule has 0 unspecified atom stereocenters. The Balaban J connectivity index is 2.39. The van der Waals surface area contributed by atoms with Gasteiger partial charge in [-0.2, -0.15) is 11.3 Å². The normalized spacial score (nSPS) is 11.4. The van der Waals surface area contributed by atoms with Crippen LogP contribution in [0, 0.1) is 0 Å². The maximum Gasteiger partial charge on any atom is 0.573 e. The predicted molar refractivity (Wildman–Crippen MR) is 56.4 cm³/mol. The summed E-state index contributed by atoms with van der Waals surface area (Å²) < 4.78 is 40.4. The van der Waals surface area contributed by atoms with Crippen molar-refractivity contribution in [3.05, 3.63) is 41.1 Å². The SMILES string of the molecule is FC(F)(F)Oc1ccccc1-c1ccsc1. The number of ether oxygens (including phenoxy) is 1. The Bertz CT molecular complexity index is 462. The van der Waals surface area contributed by atoms with E-state index in [1.165, 1.54) is 23.5 Å². The number of para-hydroxylation sites is 1. The van der Waals surface area contributed by atoms with Crippen molar-refractivity contribution in [3.63, 3.8) is 0 Å². The molecular weight excluding hydrogens is 237 g/mol. The van der Waals surface area contributed by atoms with Crippen molar-refractivity contribution in [2.45, 2.75) is 6.36 Å². The lowest BCUT2D eigenvalue weighted by Crippen LogP contribution is -2.17. The quantitative estimate of drug-likeness (QED) is 0.764. The fourth-order valence-electron chi connectivity index (χ4n) is 1.34. The first-order valence-electron chi connectivity index (χ1n) is 4.43. The van der Waals surface area contributed by atoms with Crippen molar-refractivity contribution in [2.75, 3.05) is 0 Å². The van der Waals surface area contributed by atoms with Gasteiger partial charge in [0.25, 0.3) is 0 Å². The highest BCUT2D eigenvalue weighted by molar-refractivity contribution is 7.08. The van der Waals surface area contributed by atoms with Gasteiger partial charge in [-0.05, 0) is 28.5 Å². The van der Waals surface area contributed by atoms with Gasteiger partial charge in [0.1, 0.15) is 5.75 Å². The smallest absolute Gasteiger partial charge is 0.405 e. The summed E-state index contributed by atoms with van der Waals surface area (Å²) in [5.74, 6) is -0.173. The van der Waals surface area contributed by atoms with Crippen molar-refractivity contribution in [1.29, 1.82) is 0 Å². The number of hydrogen-bond acceptors (Lipinski definition) is 2. The minimum absolute atomic E-state index is 0.173. The van der Waals surface area contributed by atoms with Crippen LogP contribution in [-0.2, 0) is 0 Å². The molecule has 0 amide bonds. The molecule has 0 saturated carbocycles. The van der Waals surface area contributed by atoms with Crippen LogP contribution in [0.25, 0.3) is 11.1 Å². The monoisotopic (exact) mass is 244 g/mol. The van der Waals surface area contributed by atoms with E-state index in [1.807, 2.05) is 0 Å². The molecular formula is C11H7F3OS. The van der Waals surface area contributed by atoms with Crippen LogP contribution in [0.2, 0.25) is 0 Å². The summed E-state index contributed by atoms with van der Waals surface area (Å²) in [4.78, 5) is 0. The molecule has 2 rings (SSSR count). The van der Waals surface area contributed by atoms with Gasteiger partial charge < -0.3 is 4.74 Å². The molecule has 0 aliphatic carbocycles. The van der Waals surface area contributed by atoms with Gasteiger partial charge in [-0.15, -0.1) is 13.2 Å². The summed E-state index contributed by atoms with van der Waals surface area (Å²) >= 11 is 1.42. The fourth-order valence-corrected chi connectivity index (χ4v) is 1.99. The fraction of sp³-hybridized carbons (Fsp3) is 0.0909. The van der Waals surface area contributed by atoms with E-state index in [-0.39, 0.29) is 5.75 Å². The molecule has 16 heavy (non-hydrogen) atoms. The highest BCUT2D eigenvalue weighted by atomic mass is 32.1. The summed E-state index contributed by atoms with van der Waals surface area (Å²) in [7, 11) is 0. The lowest BCUT2D eigenvalue weighted by molar-refractivity contribution is -0.274. The second kappa shape index (κ2) is 4.17. The average molecular weight is 244 g/mol. The van der Waals surface area contributed by atoms with Crippen LogP contribution < -0.4 is 4.74 Å². The number of alkyl halides is 3. The standard InChI is InChI=1S/C11H7F3OS/c12-11(13,14)15-10-4-2-1-3-9(10)8-5-6-16-7-8/h1-7H. The third-order valence-electron chi connectivity index (χ3n) is 1.94. The topological polar surface area (TPSA) is 9.23 Å². The van der Waals surface area contributed by atoms with Gasteiger partial charge in [0.15, 0.2) is 0 Å². The Labute approximate surface area is 94.1 Å². The summed E-state index contributed by atoms with van der Waals surface area (Å²) in [6.07, 6.45) is -4.66. The maximum atomic E-state index is 12.1. The second-order valence-electron chi connectivity index (χ2n) is 3.06. The third-order valence-corrected chi connectivity index (χ3v) is 2.63. The number of benzene rings is 1. The molecule has 5 heteroatoms. The number of hydrogen-bond donors (Lipinski definition) is 0. The molecule has 0 N–H and O–H groups in total. The molecule has 1 heterocycles. The number of rotatable bonds is 2. The van der Waals surface area contributed by atoms with E-state index >= 15 is 0 Å². The summed E-state index contributed by atoms with van der Waals surface area (Å²) in [6.45, 7) is 0. The molecule has 1 aromatic heterocycles. The minimum Gasteiger partial charge on any atom is -0.405 e. The summed E-state index contributed by atoms with van der Waals surface area (Å²) in [5, 5.41) is 3.58. The lowest BCUT2D eigenvalue weighted by atomic mass is 10.1. The van der Waals surface area contributed by atoms with Crippen molar-refractivity contribution >= 4 is 11.3 Å². The van der Waals surface area contributed by atoms with Gasteiger partial charge in [-0.3, -0.25) is 0 Å². The van der Waals surface area contributed by atoms with Crippen molar-refractivity contribution in [3.8, 4) is 16.9 Å². The lowest BCUT2D eigenvalue weighted by Gasteiger charge is -2.12. The molecule has 84 valence electrons. The zero-order valence-electron chi connectivity index (χ0n) is 7.99. The Morgan fingerprint density at radius 2 is 1.81 bits per heavy atom. The van der Waals surface area contributed by atoms with Gasteiger partial charge in [0.05, 0.1) is 0 Å². The van der Waals surface area contributed by atoms with Gasteiger partial charge >= 0.3 is 6.36 Å². The van der Waals surface area contributed by atoms with Gasteiger partial charge in [0.2, 0.25) is 0 Å².